The van der Waals surface area contributed by atoms with E-state index in [-0.39, 0.29) is 17.9 Å². The molecule has 2 rings (SSSR count). The van der Waals surface area contributed by atoms with Gasteiger partial charge in [0, 0.05) is 6.54 Å². The van der Waals surface area contributed by atoms with Crippen LogP contribution in [0.15, 0.2) is 24.3 Å². The van der Waals surface area contributed by atoms with Gasteiger partial charge in [0.25, 0.3) is 0 Å². The van der Waals surface area contributed by atoms with Crippen LogP contribution in [0.2, 0.25) is 0 Å². The van der Waals surface area contributed by atoms with E-state index in [4.69, 9.17) is 15.2 Å². The van der Waals surface area contributed by atoms with Crippen molar-refractivity contribution in [1.29, 1.82) is 0 Å². The van der Waals surface area contributed by atoms with Gasteiger partial charge >= 0.3 is 0 Å². The molecule has 1 heterocycles. The van der Waals surface area contributed by atoms with Crippen molar-refractivity contribution in [2.45, 2.75) is 32.4 Å². The first-order chi connectivity index (χ1) is 10.6. The van der Waals surface area contributed by atoms with Crippen LogP contribution in [-0.4, -0.2) is 43.7 Å². The number of benzene rings is 1. The van der Waals surface area contributed by atoms with Crippen molar-refractivity contribution in [3.63, 3.8) is 0 Å². The van der Waals surface area contributed by atoms with Gasteiger partial charge in [0.2, 0.25) is 5.91 Å². The highest BCUT2D eigenvalue weighted by atomic mass is 16.5. The van der Waals surface area contributed by atoms with Gasteiger partial charge < -0.3 is 20.1 Å². The Bertz CT molecular complexity index is 506. The molecule has 3 unspecified atom stereocenters. The van der Waals surface area contributed by atoms with E-state index < -0.39 is 6.04 Å². The molecule has 3 atom stereocenters. The number of nitrogens with two attached hydrogens (primary N) is 1. The van der Waals surface area contributed by atoms with Crippen LogP contribution in [0, 0.1) is 5.92 Å². The first kappa shape index (κ1) is 16.8. The molecule has 0 aromatic heterocycles. The second-order valence-corrected chi connectivity index (χ2v) is 5.83. The first-order valence-corrected chi connectivity index (χ1v) is 7.86. The summed E-state index contributed by atoms with van der Waals surface area (Å²) in [6.07, 6.45) is 0.772. The lowest BCUT2D eigenvalue weighted by molar-refractivity contribution is -0.141. The maximum absolute atomic E-state index is 12.5. The molecule has 1 aliphatic heterocycles. The normalized spacial score (nSPS) is 21.3. The van der Waals surface area contributed by atoms with E-state index in [0.29, 0.717) is 19.7 Å². The number of methoxy groups -OCH3 is 1. The second-order valence-electron chi connectivity index (χ2n) is 5.83. The van der Waals surface area contributed by atoms with Crippen molar-refractivity contribution >= 4 is 5.91 Å². The molecule has 1 aromatic carbocycles. The van der Waals surface area contributed by atoms with E-state index in [1.165, 1.54) is 0 Å². The fourth-order valence-corrected chi connectivity index (χ4v) is 2.60. The lowest BCUT2D eigenvalue weighted by Gasteiger charge is -2.35. The zero-order valence-corrected chi connectivity index (χ0v) is 13.6. The molecular formula is C17H26N2O3. The molecule has 0 aliphatic carbocycles. The number of nitrogens with zero attached hydrogens (tertiary/aromatic N) is 1. The third-order valence-corrected chi connectivity index (χ3v) is 4.39. The minimum Gasteiger partial charge on any atom is -0.497 e. The SMILES string of the molecule is CCC(C)C(N)C(=O)N1CCOC(c2cccc(OC)c2)C1. The zero-order valence-electron chi connectivity index (χ0n) is 13.6. The number of morpholine rings is 1. The summed E-state index contributed by atoms with van der Waals surface area (Å²) >= 11 is 0. The van der Waals surface area contributed by atoms with Gasteiger partial charge in [0.1, 0.15) is 11.9 Å². The largest absolute Gasteiger partial charge is 0.497 e. The molecule has 1 aromatic rings. The summed E-state index contributed by atoms with van der Waals surface area (Å²) in [6.45, 7) is 5.74. The Morgan fingerprint density at radius 1 is 1.55 bits per heavy atom. The molecule has 0 bridgehead atoms. The molecule has 1 amide bonds. The van der Waals surface area contributed by atoms with Crippen molar-refractivity contribution in [2.24, 2.45) is 11.7 Å². The highest BCUT2D eigenvalue weighted by molar-refractivity contribution is 5.82. The van der Waals surface area contributed by atoms with Gasteiger partial charge in [-0.05, 0) is 23.6 Å². The van der Waals surface area contributed by atoms with Crippen LogP contribution < -0.4 is 10.5 Å². The molecule has 1 saturated heterocycles. The van der Waals surface area contributed by atoms with E-state index in [0.717, 1.165) is 17.7 Å². The van der Waals surface area contributed by atoms with Crippen molar-refractivity contribution in [1.82, 2.24) is 4.90 Å². The molecule has 22 heavy (non-hydrogen) atoms. The van der Waals surface area contributed by atoms with Crippen LogP contribution in [0.5, 0.6) is 5.75 Å². The Morgan fingerprint density at radius 3 is 3.00 bits per heavy atom. The summed E-state index contributed by atoms with van der Waals surface area (Å²) in [5.41, 5.74) is 7.10. The van der Waals surface area contributed by atoms with Gasteiger partial charge in [-0.15, -0.1) is 0 Å². The molecule has 1 aliphatic rings. The Hall–Kier alpha value is -1.59. The predicted molar refractivity (Wildman–Crippen MR) is 85.7 cm³/mol. The van der Waals surface area contributed by atoms with E-state index in [9.17, 15) is 4.79 Å². The molecular weight excluding hydrogens is 280 g/mol. The fraction of sp³-hybridized carbons (Fsp3) is 0.588. The summed E-state index contributed by atoms with van der Waals surface area (Å²) in [5.74, 6) is 0.997. The van der Waals surface area contributed by atoms with Crippen molar-refractivity contribution < 1.29 is 14.3 Å². The highest BCUT2D eigenvalue weighted by Crippen LogP contribution is 2.26. The number of carbonyl (C=O) groups is 1. The van der Waals surface area contributed by atoms with Crippen molar-refractivity contribution in [2.75, 3.05) is 26.8 Å². The van der Waals surface area contributed by atoms with Crippen molar-refractivity contribution in [3.05, 3.63) is 29.8 Å². The molecule has 1 fully saturated rings. The minimum absolute atomic E-state index is 0.0190. The van der Waals surface area contributed by atoms with Crippen LogP contribution in [0.4, 0.5) is 0 Å². The maximum atomic E-state index is 12.5. The Balaban J connectivity index is 2.06. The summed E-state index contributed by atoms with van der Waals surface area (Å²) < 4.78 is 11.1. The molecule has 5 heteroatoms. The quantitative estimate of drug-likeness (QED) is 0.903. The lowest BCUT2D eigenvalue weighted by atomic mass is 9.98. The van der Waals surface area contributed by atoms with Gasteiger partial charge in [-0.3, -0.25) is 4.79 Å². The smallest absolute Gasteiger partial charge is 0.239 e. The topological polar surface area (TPSA) is 64.8 Å². The van der Waals surface area contributed by atoms with Crippen LogP contribution in [0.1, 0.15) is 31.9 Å². The predicted octanol–water partition coefficient (Wildman–Crippen LogP) is 1.97. The van der Waals surface area contributed by atoms with Gasteiger partial charge in [0.15, 0.2) is 0 Å². The summed E-state index contributed by atoms with van der Waals surface area (Å²) in [6, 6.07) is 7.34. The van der Waals surface area contributed by atoms with Gasteiger partial charge in [-0.1, -0.05) is 32.4 Å². The van der Waals surface area contributed by atoms with Gasteiger partial charge in [-0.2, -0.15) is 0 Å². The summed E-state index contributed by atoms with van der Waals surface area (Å²) in [4.78, 5) is 14.3. The van der Waals surface area contributed by atoms with E-state index in [2.05, 4.69) is 6.92 Å². The van der Waals surface area contributed by atoms with E-state index >= 15 is 0 Å². The lowest BCUT2D eigenvalue weighted by Crippen LogP contribution is -2.51. The second kappa shape index (κ2) is 7.61. The van der Waals surface area contributed by atoms with E-state index in [1.54, 1.807) is 7.11 Å². The third-order valence-electron chi connectivity index (χ3n) is 4.39. The zero-order chi connectivity index (χ0) is 16.1. The third kappa shape index (κ3) is 3.78. The van der Waals surface area contributed by atoms with Crippen LogP contribution >= 0.6 is 0 Å². The van der Waals surface area contributed by atoms with E-state index in [1.807, 2.05) is 36.1 Å². The molecule has 5 nitrogen and oxygen atoms in total. The van der Waals surface area contributed by atoms with Crippen LogP contribution in [0.25, 0.3) is 0 Å². The monoisotopic (exact) mass is 306 g/mol. The highest BCUT2D eigenvalue weighted by Gasteiger charge is 2.30. The summed E-state index contributed by atoms with van der Waals surface area (Å²) in [7, 11) is 1.64. The molecule has 2 N–H and O–H groups in total. The molecule has 0 spiro atoms. The number of hydrogen-bond donors (Lipinski definition) is 1. The number of amides is 1. The van der Waals surface area contributed by atoms with Gasteiger partial charge in [0.05, 0.1) is 26.3 Å². The Morgan fingerprint density at radius 2 is 2.32 bits per heavy atom. The first-order valence-electron chi connectivity index (χ1n) is 7.86. The summed E-state index contributed by atoms with van der Waals surface area (Å²) in [5, 5.41) is 0. The minimum atomic E-state index is -0.436. The average molecular weight is 306 g/mol. The standard InChI is InChI=1S/C17H26N2O3/c1-4-12(2)16(18)17(20)19-8-9-22-15(11-19)13-6-5-7-14(10-13)21-3/h5-7,10,12,15-16H,4,8-9,11,18H2,1-3H3. The number of carbonyl (C=O) groups excluding carboxylic acids is 1. The Labute approximate surface area is 132 Å². The number of hydrogen-bond acceptors (Lipinski definition) is 4. The Kier molecular flexibility index (Phi) is 5.80. The molecule has 0 radical (unpaired) electrons. The van der Waals surface area contributed by atoms with Crippen LogP contribution in [-0.2, 0) is 9.53 Å². The number of rotatable bonds is 5. The van der Waals surface area contributed by atoms with Crippen molar-refractivity contribution in [3.8, 4) is 5.75 Å². The average Bonchev–Trinajstić information content (AvgIpc) is 2.59. The molecule has 0 saturated carbocycles. The van der Waals surface area contributed by atoms with Crippen LogP contribution in [0.3, 0.4) is 0 Å². The maximum Gasteiger partial charge on any atom is 0.239 e. The van der Waals surface area contributed by atoms with Gasteiger partial charge in [-0.25, -0.2) is 0 Å². The number of ether oxygens (including phenoxy) is 2. The molecule has 122 valence electrons. The fourth-order valence-electron chi connectivity index (χ4n) is 2.60.